The molecule has 2 aromatic rings. The van der Waals surface area contributed by atoms with Gasteiger partial charge in [0, 0.05) is 33.8 Å². The van der Waals surface area contributed by atoms with E-state index in [9.17, 15) is 9.59 Å². The zero-order chi connectivity index (χ0) is 24.4. The summed E-state index contributed by atoms with van der Waals surface area (Å²) in [6.45, 7) is 3.91. The Morgan fingerprint density at radius 3 is 2.50 bits per heavy atom. The highest BCUT2D eigenvalue weighted by molar-refractivity contribution is 9.10. The number of methoxy groups -OCH3 is 2. The smallest absolute Gasteiger partial charge is 0.336 e. The Kier molecular flexibility index (Phi) is 7.12. The van der Waals surface area contributed by atoms with Gasteiger partial charge in [-0.05, 0) is 61.6 Å². The lowest BCUT2D eigenvalue weighted by molar-refractivity contribution is -0.138. The van der Waals surface area contributed by atoms with Crippen molar-refractivity contribution < 1.29 is 23.8 Å². The molecule has 0 fully saturated rings. The first kappa shape index (κ1) is 24.1. The zero-order valence-electron chi connectivity index (χ0n) is 19.7. The van der Waals surface area contributed by atoms with E-state index in [1.165, 1.54) is 0 Å². The average Bonchev–Trinajstić information content (AvgIpc) is 2.82. The SMILES string of the molecule is CCOC(=O)C1=C(C)NC2=C(C(=O)C[C@@H](c3ccc(OC)c(OC)c3)C2)[C@@H]1c1cccc(Br)c1. The van der Waals surface area contributed by atoms with E-state index >= 15 is 0 Å². The summed E-state index contributed by atoms with van der Waals surface area (Å²) >= 11 is 3.53. The predicted molar refractivity (Wildman–Crippen MR) is 133 cm³/mol. The van der Waals surface area contributed by atoms with E-state index in [4.69, 9.17) is 14.2 Å². The fourth-order valence-electron chi connectivity index (χ4n) is 4.88. The number of esters is 1. The molecule has 2 aliphatic rings. The molecule has 0 bridgehead atoms. The van der Waals surface area contributed by atoms with E-state index in [1.807, 2.05) is 49.4 Å². The second-order valence-corrected chi connectivity index (χ2v) is 9.32. The molecule has 34 heavy (non-hydrogen) atoms. The zero-order valence-corrected chi connectivity index (χ0v) is 21.3. The van der Waals surface area contributed by atoms with Crippen LogP contribution in [0.3, 0.4) is 0 Å². The molecule has 0 saturated carbocycles. The Hall–Kier alpha value is -3.06. The van der Waals surface area contributed by atoms with E-state index < -0.39 is 11.9 Å². The first-order valence-corrected chi connectivity index (χ1v) is 12.1. The molecule has 6 nitrogen and oxygen atoms in total. The molecular formula is C27H28BrNO5. The van der Waals surface area contributed by atoms with Crippen molar-refractivity contribution in [3.63, 3.8) is 0 Å². The summed E-state index contributed by atoms with van der Waals surface area (Å²) in [6.07, 6.45) is 0.990. The molecule has 0 aromatic heterocycles. The first-order chi connectivity index (χ1) is 16.4. The summed E-state index contributed by atoms with van der Waals surface area (Å²) in [4.78, 5) is 26.6. The molecule has 1 aliphatic carbocycles. The molecule has 0 radical (unpaired) electrons. The second-order valence-electron chi connectivity index (χ2n) is 8.41. The minimum Gasteiger partial charge on any atom is -0.493 e. The first-order valence-electron chi connectivity index (χ1n) is 11.3. The van der Waals surface area contributed by atoms with E-state index in [0.717, 1.165) is 21.3 Å². The van der Waals surface area contributed by atoms with Crippen LogP contribution in [0.25, 0.3) is 0 Å². The fraction of sp³-hybridized carbons (Fsp3) is 0.333. The van der Waals surface area contributed by atoms with E-state index in [0.29, 0.717) is 41.2 Å². The van der Waals surface area contributed by atoms with Gasteiger partial charge in [-0.15, -0.1) is 0 Å². The van der Waals surface area contributed by atoms with Crippen LogP contribution in [0.5, 0.6) is 11.5 Å². The molecular weight excluding hydrogens is 498 g/mol. The number of carbonyl (C=O) groups excluding carboxylic acids is 2. The molecule has 2 aromatic carbocycles. The van der Waals surface area contributed by atoms with E-state index in [-0.39, 0.29) is 18.3 Å². The number of hydrogen-bond donors (Lipinski definition) is 1. The third-order valence-electron chi connectivity index (χ3n) is 6.38. The number of rotatable bonds is 6. The van der Waals surface area contributed by atoms with Gasteiger partial charge in [-0.2, -0.15) is 0 Å². The third-order valence-corrected chi connectivity index (χ3v) is 6.88. The molecule has 1 heterocycles. The van der Waals surface area contributed by atoms with Gasteiger partial charge in [0.25, 0.3) is 0 Å². The van der Waals surface area contributed by atoms with E-state index in [2.05, 4.69) is 21.2 Å². The maximum absolute atomic E-state index is 13.7. The van der Waals surface area contributed by atoms with Crippen molar-refractivity contribution in [1.29, 1.82) is 0 Å². The molecule has 4 rings (SSSR count). The van der Waals surface area contributed by atoms with Crippen molar-refractivity contribution in [2.24, 2.45) is 0 Å². The number of ether oxygens (including phenoxy) is 3. The van der Waals surface area contributed by atoms with Crippen molar-refractivity contribution in [1.82, 2.24) is 5.32 Å². The van der Waals surface area contributed by atoms with Crippen LogP contribution in [-0.4, -0.2) is 32.6 Å². The highest BCUT2D eigenvalue weighted by atomic mass is 79.9. The molecule has 2 atom stereocenters. The van der Waals surface area contributed by atoms with Gasteiger partial charge in [-0.25, -0.2) is 4.79 Å². The van der Waals surface area contributed by atoms with Crippen molar-refractivity contribution in [2.45, 2.75) is 38.5 Å². The molecule has 1 aliphatic heterocycles. The normalized spacial score (nSPS) is 20.0. The van der Waals surface area contributed by atoms with Crippen LogP contribution >= 0.6 is 15.9 Å². The Bertz CT molecular complexity index is 1200. The molecule has 0 unspecified atom stereocenters. The van der Waals surface area contributed by atoms with Crippen LogP contribution < -0.4 is 14.8 Å². The summed E-state index contributed by atoms with van der Waals surface area (Å²) in [7, 11) is 3.20. The largest absolute Gasteiger partial charge is 0.493 e. The minimum atomic E-state index is -0.480. The Morgan fingerprint density at radius 1 is 1.06 bits per heavy atom. The van der Waals surface area contributed by atoms with Crippen molar-refractivity contribution in [3.8, 4) is 11.5 Å². The summed E-state index contributed by atoms with van der Waals surface area (Å²) < 4.78 is 17.1. The van der Waals surface area contributed by atoms with Gasteiger partial charge in [0.2, 0.25) is 0 Å². The lowest BCUT2D eigenvalue weighted by atomic mass is 9.71. The number of Topliss-reactive ketones (excluding diaryl/α,β-unsaturated/α-hetero) is 1. The van der Waals surface area contributed by atoms with Crippen LogP contribution in [0.15, 0.2) is 69.5 Å². The molecule has 1 N–H and O–H groups in total. The number of allylic oxidation sites excluding steroid dienone is 3. The van der Waals surface area contributed by atoms with Gasteiger partial charge < -0.3 is 19.5 Å². The van der Waals surface area contributed by atoms with Gasteiger partial charge in [0.05, 0.1) is 26.4 Å². The van der Waals surface area contributed by atoms with Crippen molar-refractivity contribution in [2.75, 3.05) is 20.8 Å². The van der Waals surface area contributed by atoms with Crippen molar-refractivity contribution >= 4 is 27.7 Å². The molecule has 0 saturated heterocycles. The maximum atomic E-state index is 13.7. The number of nitrogens with one attached hydrogen (secondary N) is 1. The van der Waals surface area contributed by atoms with Crippen LogP contribution in [0.2, 0.25) is 0 Å². The number of benzene rings is 2. The van der Waals surface area contributed by atoms with Gasteiger partial charge in [-0.3, -0.25) is 4.79 Å². The lowest BCUT2D eigenvalue weighted by Crippen LogP contribution is -2.36. The topological polar surface area (TPSA) is 73.9 Å². The van der Waals surface area contributed by atoms with Gasteiger partial charge in [0.15, 0.2) is 17.3 Å². The Labute approximate surface area is 208 Å². The quantitative estimate of drug-likeness (QED) is 0.509. The molecule has 0 amide bonds. The maximum Gasteiger partial charge on any atom is 0.336 e. The van der Waals surface area contributed by atoms with Crippen LogP contribution in [0.1, 0.15) is 49.7 Å². The highest BCUT2D eigenvalue weighted by Crippen LogP contribution is 2.46. The molecule has 178 valence electrons. The van der Waals surface area contributed by atoms with Gasteiger partial charge >= 0.3 is 5.97 Å². The third kappa shape index (κ3) is 4.49. The lowest BCUT2D eigenvalue weighted by Gasteiger charge is -2.36. The number of carbonyl (C=O) groups is 2. The minimum absolute atomic E-state index is 0.0151. The number of hydrogen-bond acceptors (Lipinski definition) is 6. The summed E-state index contributed by atoms with van der Waals surface area (Å²) in [6, 6.07) is 13.5. The number of halogens is 1. The average molecular weight is 526 g/mol. The second kappa shape index (κ2) is 10.1. The number of dihydropyridines is 1. The summed E-state index contributed by atoms with van der Waals surface area (Å²) in [5, 5.41) is 3.37. The predicted octanol–water partition coefficient (Wildman–Crippen LogP) is 5.39. The molecule has 7 heteroatoms. The van der Waals surface area contributed by atoms with Crippen LogP contribution in [0, 0.1) is 0 Å². The van der Waals surface area contributed by atoms with E-state index in [1.54, 1.807) is 21.1 Å². The highest BCUT2D eigenvalue weighted by Gasteiger charge is 2.41. The van der Waals surface area contributed by atoms with Crippen LogP contribution in [-0.2, 0) is 14.3 Å². The van der Waals surface area contributed by atoms with Crippen LogP contribution in [0.4, 0.5) is 0 Å². The van der Waals surface area contributed by atoms with Gasteiger partial charge in [-0.1, -0.05) is 34.1 Å². The summed E-state index contributed by atoms with van der Waals surface area (Å²) in [5.41, 5.74) is 4.58. The van der Waals surface area contributed by atoms with Gasteiger partial charge in [0.1, 0.15) is 0 Å². The summed E-state index contributed by atoms with van der Waals surface area (Å²) in [5.74, 6) is 0.408. The Balaban J connectivity index is 1.78. The standard InChI is InChI=1S/C27H28BrNO5/c1-5-34-27(31)24-15(2)29-20-12-18(16-9-10-22(32-3)23(14-16)33-4)13-21(30)26(20)25(24)17-7-6-8-19(28)11-17/h6-11,14,18,25,29H,5,12-13H2,1-4H3/t18-,25+/m0/s1. The van der Waals surface area contributed by atoms with Crippen molar-refractivity contribution in [3.05, 3.63) is 80.6 Å². The molecule has 0 spiro atoms. The fourth-order valence-corrected chi connectivity index (χ4v) is 5.30. The number of ketones is 1. The Morgan fingerprint density at radius 2 is 1.82 bits per heavy atom. The monoisotopic (exact) mass is 525 g/mol.